The highest BCUT2D eigenvalue weighted by Crippen LogP contribution is 2.58. The molecule has 238 valence electrons. The molecule has 1 saturated heterocycles. The van der Waals surface area contributed by atoms with Gasteiger partial charge >= 0.3 is 0 Å². The van der Waals surface area contributed by atoms with E-state index in [4.69, 9.17) is 0 Å². The molecule has 4 aliphatic carbocycles. The number of nitrogens with zero attached hydrogens (tertiary/aromatic N) is 3. The number of aliphatic hydroxyl groups excluding tert-OH is 2. The van der Waals surface area contributed by atoms with Crippen molar-refractivity contribution in [2.75, 3.05) is 60.4 Å². The van der Waals surface area contributed by atoms with E-state index in [1.165, 1.54) is 18.9 Å². The quantitative estimate of drug-likeness (QED) is 0.271. The Morgan fingerprint density at radius 2 is 1.73 bits per heavy atom. The van der Waals surface area contributed by atoms with Crippen molar-refractivity contribution in [2.24, 2.45) is 17.3 Å². The first-order chi connectivity index (χ1) is 20.8. The van der Waals surface area contributed by atoms with E-state index in [1.807, 2.05) is 0 Å². The van der Waals surface area contributed by atoms with Crippen LogP contribution >= 0.6 is 0 Å². The Bertz CT molecular complexity index is 1470. The number of nitrogens with one attached hydrogen (secondary N) is 1. The second-order valence-electron chi connectivity index (χ2n) is 13.8. The van der Waals surface area contributed by atoms with E-state index in [-0.39, 0.29) is 29.7 Å². The first kappa shape index (κ1) is 30.9. The van der Waals surface area contributed by atoms with E-state index < -0.39 is 57.4 Å². The van der Waals surface area contributed by atoms with Crippen LogP contribution in [0.1, 0.15) is 42.9 Å². The Morgan fingerprint density at radius 1 is 1.07 bits per heavy atom. The Kier molecular flexibility index (Phi) is 7.77. The number of hydrogen-bond donors (Lipinski definition) is 5. The number of phenols is 1. The maximum Gasteiger partial charge on any atom is 0.202 e. The van der Waals surface area contributed by atoms with E-state index >= 15 is 0 Å². The molecule has 0 aromatic heterocycles. The third kappa shape index (κ3) is 4.71. The summed E-state index contributed by atoms with van der Waals surface area (Å²) in [6.07, 6.45) is 2.94. The second kappa shape index (κ2) is 11.1. The van der Waals surface area contributed by atoms with Crippen molar-refractivity contribution in [3.05, 3.63) is 45.7 Å². The number of rotatable bonds is 8. The fourth-order valence-corrected chi connectivity index (χ4v) is 8.37. The van der Waals surface area contributed by atoms with Crippen LogP contribution in [-0.2, 0) is 27.3 Å². The van der Waals surface area contributed by atoms with Crippen molar-refractivity contribution in [1.29, 1.82) is 0 Å². The number of likely N-dealkylation sites (N-methyl/N-ethyl adjacent to an activating group) is 1. The van der Waals surface area contributed by atoms with Crippen LogP contribution in [0.15, 0.2) is 29.0 Å². The van der Waals surface area contributed by atoms with Crippen molar-refractivity contribution in [1.82, 2.24) is 20.0 Å². The van der Waals surface area contributed by atoms with E-state index in [9.17, 15) is 34.8 Å². The zero-order valence-electron chi connectivity index (χ0n) is 26.0. The predicted molar refractivity (Wildman–Crippen MR) is 163 cm³/mol. The minimum atomic E-state index is -2.60. The van der Waals surface area contributed by atoms with Gasteiger partial charge in [0, 0.05) is 62.7 Å². The zero-order valence-corrected chi connectivity index (χ0v) is 26.0. The van der Waals surface area contributed by atoms with Gasteiger partial charge in [0.15, 0.2) is 17.2 Å². The molecule has 2 saturated carbocycles. The maximum absolute atomic E-state index is 14.7. The molecular formula is C33H44N4O7. The van der Waals surface area contributed by atoms with Crippen molar-refractivity contribution in [3.8, 4) is 5.75 Å². The summed E-state index contributed by atoms with van der Waals surface area (Å²) in [7, 11) is 5.12. The number of phenolic OH excluding ortho intramolecular Hbond substituents is 1. The summed E-state index contributed by atoms with van der Waals surface area (Å²) >= 11 is 0. The molecule has 11 heteroatoms. The van der Waals surface area contributed by atoms with Gasteiger partial charge in [0.25, 0.3) is 0 Å². The van der Waals surface area contributed by atoms with Crippen LogP contribution in [-0.4, -0.2) is 125 Å². The molecule has 44 heavy (non-hydrogen) atoms. The van der Waals surface area contributed by atoms with Gasteiger partial charge in [-0.3, -0.25) is 24.2 Å². The van der Waals surface area contributed by atoms with Gasteiger partial charge in [0.1, 0.15) is 22.8 Å². The smallest absolute Gasteiger partial charge is 0.202 e. The molecule has 0 unspecified atom stereocenters. The molecule has 6 rings (SSSR count). The molecule has 11 nitrogen and oxygen atoms in total. The summed E-state index contributed by atoms with van der Waals surface area (Å²) in [5, 5.41) is 49.6. The zero-order chi connectivity index (χ0) is 31.7. The molecule has 0 bridgehead atoms. The van der Waals surface area contributed by atoms with Crippen molar-refractivity contribution < 1.29 is 34.8 Å². The largest absolute Gasteiger partial charge is 0.508 e. The van der Waals surface area contributed by atoms with Gasteiger partial charge in [0.2, 0.25) is 5.78 Å². The molecule has 1 heterocycles. The second-order valence-corrected chi connectivity index (χ2v) is 13.8. The van der Waals surface area contributed by atoms with Gasteiger partial charge in [-0.15, -0.1) is 0 Å². The first-order valence-corrected chi connectivity index (χ1v) is 15.6. The summed E-state index contributed by atoms with van der Waals surface area (Å²) in [4.78, 5) is 47.4. The van der Waals surface area contributed by atoms with Gasteiger partial charge in [-0.05, 0) is 76.9 Å². The number of aliphatic hydroxyl groups is 3. The van der Waals surface area contributed by atoms with E-state index in [0.717, 1.165) is 51.1 Å². The maximum atomic E-state index is 14.7. The number of ketones is 3. The van der Waals surface area contributed by atoms with Gasteiger partial charge in [0.05, 0.1) is 11.6 Å². The minimum Gasteiger partial charge on any atom is -0.508 e. The fourth-order valence-electron chi connectivity index (χ4n) is 8.37. The Labute approximate surface area is 257 Å². The number of benzene rings is 1. The van der Waals surface area contributed by atoms with Gasteiger partial charge < -0.3 is 30.6 Å². The lowest BCUT2D eigenvalue weighted by Crippen LogP contribution is -2.68. The third-order valence-electron chi connectivity index (χ3n) is 10.6. The number of carbonyl (C=O) groups excluding carboxylic acids is 3. The van der Waals surface area contributed by atoms with E-state index in [2.05, 4.69) is 15.1 Å². The van der Waals surface area contributed by atoms with Crippen molar-refractivity contribution >= 4 is 23.1 Å². The van der Waals surface area contributed by atoms with Crippen molar-refractivity contribution in [3.63, 3.8) is 0 Å². The monoisotopic (exact) mass is 608 g/mol. The normalized spacial score (nSPS) is 31.3. The van der Waals surface area contributed by atoms with Crippen molar-refractivity contribution in [2.45, 2.75) is 50.8 Å². The number of hydrogen-bond acceptors (Lipinski definition) is 11. The van der Waals surface area contributed by atoms with Crippen LogP contribution < -0.4 is 5.32 Å². The molecule has 0 radical (unpaired) electrons. The number of aromatic hydroxyl groups is 1. The Balaban J connectivity index is 1.51. The van der Waals surface area contributed by atoms with Crippen LogP contribution in [0.5, 0.6) is 5.75 Å². The van der Waals surface area contributed by atoms with Crippen LogP contribution in [0.3, 0.4) is 0 Å². The molecule has 5 N–H and O–H groups in total. The SMILES string of the molecule is CNCc1ccc(O)c2c1C[C@@]1(CN3CCN(CC4CC4)CC3)C[C@H]3[C@H](N(C)C)C(=O)C(C(C)=O)=C(O)[C@@]3(O)C(=O)C1=C2O. The van der Waals surface area contributed by atoms with Crippen LogP contribution in [0, 0.1) is 17.3 Å². The molecule has 5 aliphatic rings. The number of Topliss-reactive ketones (excluding diaryl/α,β-unsaturated/α-hetero) is 3. The minimum absolute atomic E-state index is 0.0672. The summed E-state index contributed by atoms with van der Waals surface area (Å²) in [6.45, 7) is 6.35. The summed E-state index contributed by atoms with van der Waals surface area (Å²) in [5.74, 6) is -4.19. The average Bonchev–Trinajstić information content (AvgIpc) is 3.77. The highest BCUT2D eigenvalue weighted by molar-refractivity contribution is 6.25. The predicted octanol–water partition coefficient (Wildman–Crippen LogP) is 1.18. The summed E-state index contributed by atoms with van der Waals surface area (Å²) < 4.78 is 0. The Morgan fingerprint density at radius 3 is 2.32 bits per heavy atom. The van der Waals surface area contributed by atoms with Crippen LogP contribution in [0.25, 0.3) is 5.76 Å². The molecule has 3 fully saturated rings. The molecule has 0 spiro atoms. The van der Waals surface area contributed by atoms with Crippen LogP contribution in [0.4, 0.5) is 0 Å². The molecule has 1 aliphatic heterocycles. The Hall–Kier alpha value is -3.09. The molecular weight excluding hydrogens is 564 g/mol. The lowest BCUT2D eigenvalue weighted by molar-refractivity contribution is -0.158. The summed E-state index contributed by atoms with van der Waals surface area (Å²) in [5.41, 5.74) is -2.60. The first-order valence-electron chi connectivity index (χ1n) is 15.6. The third-order valence-corrected chi connectivity index (χ3v) is 10.6. The van der Waals surface area contributed by atoms with E-state index in [0.29, 0.717) is 18.7 Å². The summed E-state index contributed by atoms with van der Waals surface area (Å²) in [6, 6.07) is 2.22. The molecule has 1 aromatic rings. The molecule has 4 atom stereocenters. The molecule has 1 aromatic carbocycles. The van der Waals surface area contributed by atoms with E-state index in [1.54, 1.807) is 32.1 Å². The number of piperazine rings is 1. The lowest BCUT2D eigenvalue weighted by atomic mass is 9.51. The van der Waals surface area contributed by atoms with Gasteiger partial charge in [-0.25, -0.2) is 0 Å². The standard InChI is InChI=1S/C33H44N4O7/c1-18(38)24-29(41)27(35(3)4)22-14-32(17-37-11-9-36(10-12-37)16-19-5-6-19)13-21-20(15-34-2)7-8-23(39)25(21)28(40)26(32)31(43)33(22,44)30(24)42/h7-8,19,22,27,34,39-40,42,44H,5-6,9-17H2,1-4H3/t22-,27-,32-,33+/m0/s1. The topological polar surface area (TPSA) is 154 Å². The highest BCUT2D eigenvalue weighted by atomic mass is 16.3. The van der Waals surface area contributed by atoms with Gasteiger partial charge in [-0.2, -0.15) is 0 Å². The lowest BCUT2D eigenvalue weighted by Gasteiger charge is -2.56. The van der Waals surface area contributed by atoms with Gasteiger partial charge in [-0.1, -0.05) is 6.07 Å². The highest BCUT2D eigenvalue weighted by Gasteiger charge is 2.67. The average molecular weight is 609 g/mol. The fraction of sp³-hybridized carbons (Fsp3) is 0.606. The number of fused-ring (bicyclic) bond motifs is 3. The molecule has 0 amide bonds. The van der Waals surface area contributed by atoms with Crippen LogP contribution in [0.2, 0.25) is 0 Å². The number of carbonyl (C=O) groups is 3.